The quantitative estimate of drug-likeness (QED) is 0.908. The summed E-state index contributed by atoms with van der Waals surface area (Å²) in [5, 5.41) is 3.21. The van der Waals surface area contributed by atoms with Gasteiger partial charge >= 0.3 is 6.18 Å². The maximum absolute atomic E-state index is 12.4. The number of nitrogens with two attached hydrogens (primary N) is 1. The van der Waals surface area contributed by atoms with Gasteiger partial charge in [0, 0.05) is 11.6 Å². The van der Waals surface area contributed by atoms with E-state index in [1.54, 1.807) is 0 Å². The fraction of sp³-hybridized carbons (Fsp3) is 0.625. The van der Waals surface area contributed by atoms with Crippen LogP contribution < -0.4 is 5.73 Å². The van der Waals surface area contributed by atoms with Gasteiger partial charge in [-0.25, -0.2) is 0 Å². The number of alkyl halides is 3. The summed E-state index contributed by atoms with van der Waals surface area (Å²) in [6, 6.07) is 0.712. The number of halogens is 4. The van der Waals surface area contributed by atoms with Gasteiger partial charge in [-0.1, -0.05) is 0 Å². The normalized spacial score (nSPS) is 16.2. The largest absolute Gasteiger partial charge is 0.435 e. The molecule has 0 aromatic carbocycles. The number of aromatic nitrogens is 2. The first-order valence-corrected chi connectivity index (χ1v) is 4.79. The predicted molar refractivity (Wildman–Crippen MR) is 53.2 cm³/mol. The number of rotatable bonds is 2. The van der Waals surface area contributed by atoms with Crippen molar-refractivity contribution in [1.82, 2.24) is 9.78 Å². The summed E-state index contributed by atoms with van der Waals surface area (Å²) >= 11 is 2.84. The molecule has 0 aliphatic heterocycles. The Morgan fingerprint density at radius 3 is 2.47 bits per heavy atom. The van der Waals surface area contributed by atoms with Crippen LogP contribution in [-0.4, -0.2) is 15.3 Å². The van der Waals surface area contributed by atoms with E-state index in [0.717, 1.165) is 0 Å². The lowest BCUT2D eigenvalue weighted by atomic mass is 10.1. The lowest BCUT2D eigenvalue weighted by Crippen LogP contribution is -2.37. The van der Waals surface area contributed by atoms with Crippen LogP contribution in [0.25, 0.3) is 0 Å². The summed E-state index contributed by atoms with van der Waals surface area (Å²) in [6.45, 7) is 0.484. The Kier molecular flexibility index (Phi) is 2.44. The minimum Gasteiger partial charge on any atom is -0.324 e. The van der Waals surface area contributed by atoms with Gasteiger partial charge in [0.2, 0.25) is 0 Å². The maximum Gasteiger partial charge on any atom is 0.435 e. The van der Waals surface area contributed by atoms with Crippen molar-refractivity contribution in [3.63, 3.8) is 0 Å². The number of nitrogens with zero attached hydrogens (tertiary/aromatic N) is 2. The number of hydrogen-bond donors (Lipinski definition) is 1. The van der Waals surface area contributed by atoms with Crippen molar-refractivity contribution in [2.24, 2.45) is 5.73 Å². The molecule has 0 aliphatic carbocycles. The van der Waals surface area contributed by atoms with Crippen LogP contribution in [-0.2, 0) is 12.7 Å². The predicted octanol–water partition coefficient (Wildman–Crippen LogP) is 2.40. The molecule has 15 heavy (non-hydrogen) atoms. The van der Waals surface area contributed by atoms with Gasteiger partial charge in [-0.15, -0.1) is 0 Å². The highest BCUT2D eigenvalue weighted by atomic mass is 79.9. The first kappa shape index (κ1) is 9.65. The van der Waals surface area contributed by atoms with Gasteiger partial charge < -0.3 is 5.73 Å². The molecule has 0 radical (unpaired) electrons. The van der Waals surface area contributed by atoms with Crippen LogP contribution >= 0.6 is 15.9 Å². The van der Waals surface area contributed by atoms with E-state index in [0.29, 0.717) is 10.7 Å². The molecule has 1 aromatic heterocycles. The second kappa shape index (κ2) is 3.79. The van der Waals surface area contributed by atoms with E-state index in [4.69, 9.17) is 8.48 Å². The molecule has 1 heterocycles. The van der Waals surface area contributed by atoms with Crippen molar-refractivity contribution in [2.75, 3.05) is 0 Å². The van der Waals surface area contributed by atoms with E-state index >= 15 is 0 Å². The zero-order chi connectivity index (χ0) is 13.6. The Labute approximate surface area is 96.4 Å². The van der Waals surface area contributed by atoms with E-state index in [9.17, 15) is 13.2 Å². The van der Waals surface area contributed by atoms with E-state index in [2.05, 4.69) is 21.0 Å². The van der Waals surface area contributed by atoms with Crippen LogP contribution in [0.4, 0.5) is 13.2 Å². The molecule has 0 fully saturated rings. The van der Waals surface area contributed by atoms with Gasteiger partial charge in [0.15, 0.2) is 5.69 Å². The average Bonchev–Trinajstić information content (AvgIpc) is 2.44. The molecule has 1 aromatic rings. The van der Waals surface area contributed by atoms with Gasteiger partial charge in [-0.2, -0.15) is 18.3 Å². The zero-order valence-corrected chi connectivity index (χ0v) is 9.65. The molecule has 0 saturated carbocycles. The molecule has 0 unspecified atom stereocenters. The minimum atomic E-state index is -4.62. The van der Waals surface area contributed by atoms with Crippen LogP contribution in [0.3, 0.4) is 0 Å². The molecular formula is C8H11BrF3N3. The van der Waals surface area contributed by atoms with E-state index < -0.39 is 23.9 Å². The number of hydrogen-bond acceptors (Lipinski definition) is 2. The highest BCUT2D eigenvalue weighted by Gasteiger charge is 2.35. The smallest absolute Gasteiger partial charge is 0.324 e. The third-order valence-corrected chi connectivity index (χ3v) is 1.92. The van der Waals surface area contributed by atoms with E-state index in [1.165, 1.54) is 13.8 Å². The Hall–Kier alpha value is -0.560. The lowest BCUT2D eigenvalue weighted by Gasteiger charge is -2.18. The van der Waals surface area contributed by atoms with E-state index in [1.807, 2.05) is 0 Å². The van der Waals surface area contributed by atoms with Crippen LogP contribution in [0.15, 0.2) is 10.7 Å². The van der Waals surface area contributed by atoms with Gasteiger partial charge in [0.25, 0.3) is 0 Å². The van der Waals surface area contributed by atoms with Crippen molar-refractivity contribution in [2.45, 2.75) is 32.1 Å². The molecule has 86 valence electrons. The highest BCUT2D eigenvalue weighted by Crippen LogP contribution is 2.30. The Balaban J connectivity index is 3.30. The summed E-state index contributed by atoms with van der Waals surface area (Å²) in [5.74, 6) is 0. The first-order chi connectivity index (χ1) is 7.37. The summed E-state index contributed by atoms with van der Waals surface area (Å²) in [7, 11) is 0. The van der Waals surface area contributed by atoms with Crippen molar-refractivity contribution in [3.05, 3.63) is 16.4 Å². The molecule has 0 atom stereocenters. The topological polar surface area (TPSA) is 43.8 Å². The molecule has 0 aliphatic rings. The standard InChI is InChI=1S/C8H11BrF3N3/c1-7(2,13)4-15-6(9)3-5(14-15)8(10,11)12/h3H,4,13H2,1-2H3/i4D2. The van der Waals surface area contributed by atoms with Crippen molar-refractivity contribution >= 4 is 15.9 Å². The summed E-state index contributed by atoms with van der Waals surface area (Å²) in [6.07, 6.45) is -4.62. The summed E-state index contributed by atoms with van der Waals surface area (Å²) in [4.78, 5) is 0. The van der Waals surface area contributed by atoms with Gasteiger partial charge in [-0.3, -0.25) is 4.68 Å². The van der Waals surface area contributed by atoms with Gasteiger partial charge in [-0.05, 0) is 29.8 Å². The zero-order valence-electron chi connectivity index (χ0n) is 10.1. The summed E-state index contributed by atoms with van der Waals surface area (Å²) < 4.78 is 53.2. The highest BCUT2D eigenvalue weighted by molar-refractivity contribution is 9.10. The molecule has 7 heteroatoms. The van der Waals surface area contributed by atoms with Crippen LogP contribution in [0.2, 0.25) is 0 Å². The van der Waals surface area contributed by atoms with Crippen LogP contribution in [0, 0.1) is 0 Å². The molecule has 2 N–H and O–H groups in total. The molecular weight excluding hydrogens is 275 g/mol. The molecule has 0 saturated heterocycles. The molecule has 0 bridgehead atoms. The Morgan fingerprint density at radius 1 is 1.60 bits per heavy atom. The van der Waals surface area contributed by atoms with E-state index in [-0.39, 0.29) is 4.60 Å². The van der Waals surface area contributed by atoms with Crippen molar-refractivity contribution in [3.8, 4) is 0 Å². The monoisotopic (exact) mass is 287 g/mol. The molecule has 0 spiro atoms. The maximum atomic E-state index is 12.4. The molecule has 1 rings (SSSR count). The average molecular weight is 288 g/mol. The molecule has 3 nitrogen and oxygen atoms in total. The third-order valence-electron chi connectivity index (χ3n) is 1.35. The van der Waals surface area contributed by atoms with Crippen LogP contribution in [0.5, 0.6) is 0 Å². The van der Waals surface area contributed by atoms with Crippen LogP contribution in [0.1, 0.15) is 22.3 Å². The minimum absolute atomic E-state index is 0.117. The SMILES string of the molecule is [2H]C([2H])(n1nc(C(F)(F)F)cc1Br)C(C)(C)N. The third kappa shape index (κ3) is 3.49. The van der Waals surface area contributed by atoms with Gasteiger partial charge in [0.05, 0.1) is 9.24 Å². The van der Waals surface area contributed by atoms with Crippen molar-refractivity contribution < 1.29 is 15.9 Å². The fourth-order valence-corrected chi connectivity index (χ4v) is 1.23. The van der Waals surface area contributed by atoms with Crippen molar-refractivity contribution in [1.29, 1.82) is 0 Å². The first-order valence-electron chi connectivity index (χ1n) is 4.99. The Morgan fingerprint density at radius 2 is 2.13 bits per heavy atom. The second-order valence-corrected chi connectivity index (χ2v) is 4.41. The molecule has 0 amide bonds. The summed E-state index contributed by atoms with van der Waals surface area (Å²) in [5.41, 5.74) is 3.04. The second-order valence-electron chi connectivity index (χ2n) is 3.60. The van der Waals surface area contributed by atoms with Gasteiger partial charge in [0.1, 0.15) is 4.60 Å². The fourth-order valence-electron chi connectivity index (χ4n) is 0.848. The Bertz CT molecular complexity index is 423. The lowest BCUT2D eigenvalue weighted by molar-refractivity contribution is -0.141.